The topological polar surface area (TPSA) is 228 Å². The van der Waals surface area contributed by atoms with E-state index in [2.05, 4.69) is 10.2 Å². The van der Waals surface area contributed by atoms with Crippen molar-refractivity contribution in [2.45, 2.75) is 0 Å². The van der Waals surface area contributed by atoms with E-state index in [0.717, 1.165) is 0 Å². The van der Waals surface area contributed by atoms with Crippen LogP contribution in [0.4, 0.5) is 11.4 Å². The van der Waals surface area contributed by atoms with Gasteiger partial charge in [0.05, 0.1) is 21.9 Å². The molecule has 0 aliphatic carbocycles. The van der Waals surface area contributed by atoms with Crippen molar-refractivity contribution in [3.63, 3.8) is 0 Å². The Hall–Kier alpha value is -4.16. The number of benzene rings is 2. The van der Waals surface area contributed by atoms with E-state index in [1.165, 1.54) is 18.2 Å². The van der Waals surface area contributed by atoms with Crippen molar-refractivity contribution >= 4 is 34.0 Å². The normalized spacial score (nSPS) is 9.93. The summed E-state index contributed by atoms with van der Waals surface area (Å²) in [5, 5.41) is 4.98. The number of aromatic amines is 2. The highest BCUT2D eigenvalue weighted by molar-refractivity contribution is 6.10. The van der Waals surface area contributed by atoms with E-state index >= 15 is 0 Å². The molecule has 0 fully saturated rings. The molecule has 28 heavy (non-hydrogen) atoms. The van der Waals surface area contributed by atoms with Gasteiger partial charge >= 0.3 is 0 Å². The van der Waals surface area contributed by atoms with Crippen molar-refractivity contribution in [1.29, 1.82) is 0 Å². The van der Waals surface area contributed by atoms with E-state index in [4.69, 9.17) is 23.2 Å². The number of nitrogens with two attached hydrogens (primary N) is 4. The Balaban J connectivity index is 0.000000202. The first-order chi connectivity index (χ1) is 13.3. The highest BCUT2D eigenvalue weighted by Crippen LogP contribution is 2.16. The number of carbonyl (C=O) groups is 2. The lowest BCUT2D eigenvalue weighted by atomic mass is 10.0. The Kier molecular flexibility index (Phi) is 6.11. The molecule has 0 atom stereocenters. The van der Waals surface area contributed by atoms with Gasteiger partial charge in [0.15, 0.2) is 0 Å². The lowest BCUT2D eigenvalue weighted by Gasteiger charge is -2.09. The second-order valence-corrected chi connectivity index (χ2v) is 5.39. The van der Waals surface area contributed by atoms with Crippen LogP contribution in [-0.2, 0) is 0 Å². The second-order valence-electron chi connectivity index (χ2n) is 5.39. The number of hydrogen-bond donors (Lipinski definition) is 8. The molecule has 12 heteroatoms. The van der Waals surface area contributed by atoms with Crippen LogP contribution in [0.3, 0.4) is 0 Å². The molecule has 2 aromatic carbocycles. The third kappa shape index (κ3) is 3.98. The number of anilines is 2. The molecule has 0 saturated carbocycles. The van der Waals surface area contributed by atoms with Crippen molar-refractivity contribution in [3.8, 4) is 0 Å². The van der Waals surface area contributed by atoms with Crippen LogP contribution in [0, 0.1) is 0 Å². The van der Waals surface area contributed by atoms with Gasteiger partial charge in [-0.15, -0.1) is 0 Å². The molecule has 12 N–H and O–H groups in total. The third-order valence-electron chi connectivity index (χ3n) is 3.69. The Morgan fingerprint density at radius 2 is 1.36 bits per heavy atom. The van der Waals surface area contributed by atoms with Crippen molar-refractivity contribution in [2.24, 2.45) is 11.7 Å². The summed E-state index contributed by atoms with van der Waals surface area (Å²) in [7, 11) is 0. The number of nitrogens with one attached hydrogen (secondary N) is 4. The van der Waals surface area contributed by atoms with Gasteiger partial charge in [0.1, 0.15) is 0 Å². The average molecular weight is 386 g/mol. The fraction of sp³-hybridized carbons (Fsp3) is 0. The maximum absolute atomic E-state index is 11.3. The number of fused-ring (bicyclic) bond motifs is 1. The maximum Gasteiger partial charge on any atom is 0.272 e. The molecule has 1 aromatic heterocycles. The minimum absolute atomic E-state index is 0.00273. The van der Waals surface area contributed by atoms with E-state index in [9.17, 15) is 19.2 Å². The van der Waals surface area contributed by atoms with Gasteiger partial charge in [-0.1, -0.05) is 12.1 Å². The van der Waals surface area contributed by atoms with E-state index in [1.54, 1.807) is 18.2 Å². The summed E-state index contributed by atoms with van der Waals surface area (Å²) in [5.74, 6) is 8.67. The number of amides is 2. The van der Waals surface area contributed by atoms with Crippen LogP contribution in [0.2, 0.25) is 0 Å². The van der Waals surface area contributed by atoms with Gasteiger partial charge < -0.3 is 11.5 Å². The fourth-order valence-electron chi connectivity index (χ4n) is 2.42. The molecule has 1 heterocycles. The minimum Gasteiger partial charge on any atom is -0.398 e. The number of rotatable bonds is 2. The summed E-state index contributed by atoms with van der Waals surface area (Å²) in [6.07, 6.45) is 0. The van der Waals surface area contributed by atoms with E-state index in [0.29, 0.717) is 11.1 Å². The fourth-order valence-corrected chi connectivity index (χ4v) is 2.42. The van der Waals surface area contributed by atoms with Gasteiger partial charge in [-0.2, -0.15) is 0 Å². The summed E-state index contributed by atoms with van der Waals surface area (Å²) in [6, 6.07) is 9.21. The molecular weight excluding hydrogens is 368 g/mol. The van der Waals surface area contributed by atoms with Crippen LogP contribution in [-0.4, -0.2) is 22.0 Å². The smallest absolute Gasteiger partial charge is 0.272 e. The van der Waals surface area contributed by atoms with E-state index in [1.807, 2.05) is 10.9 Å². The van der Waals surface area contributed by atoms with Crippen molar-refractivity contribution in [1.82, 2.24) is 21.0 Å². The summed E-state index contributed by atoms with van der Waals surface area (Å²) in [4.78, 5) is 45.1. The molecule has 0 spiro atoms. The number of hydrogen-bond acceptors (Lipinski definition) is 8. The number of aromatic nitrogens is 2. The first-order valence-electron chi connectivity index (χ1n) is 7.71. The van der Waals surface area contributed by atoms with E-state index < -0.39 is 11.8 Å². The van der Waals surface area contributed by atoms with Crippen molar-refractivity contribution in [3.05, 3.63) is 68.2 Å². The first kappa shape index (κ1) is 20.2. The molecule has 0 radical (unpaired) electrons. The second kappa shape index (κ2) is 8.48. The van der Waals surface area contributed by atoms with Crippen LogP contribution in [0.25, 0.3) is 10.8 Å². The number of hydrazine groups is 2. The number of H-pyrrole nitrogens is 2. The van der Waals surface area contributed by atoms with Crippen molar-refractivity contribution < 1.29 is 9.59 Å². The molecule has 0 unspecified atom stereocenters. The molecule has 146 valence electrons. The lowest BCUT2D eigenvalue weighted by Crippen LogP contribution is -2.35. The molecule has 0 saturated heterocycles. The predicted octanol–water partition coefficient (Wildman–Crippen LogP) is -1.73. The molecule has 0 aliphatic rings. The summed E-state index contributed by atoms with van der Waals surface area (Å²) in [6.45, 7) is 0. The van der Waals surface area contributed by atoms with Gasteiger partial charge in [-0.25, -0.2) is 11.7 Å². The summed E-state index contributed by atoms with van der Waals surface area (Å²) in [5.41, 5.74) is 14.7. The molecule has 3 rings (SSSR count). The van der Waals surface area contributed by atoms with Crippen LogP contribution in [0.1, 0.15) is 20.7 Å². The zero-order valence-electron chi connectivity index (χ0n) is 14.4. The van der Waals surface area contributed by atoms with Gasteiger partial charge in [-0.3, -0.25) is 40.2 Å². The quantitative estimate of drug-likeness (QED) is 0.109. The van der Waals surface area contributed by atoms with E-state index in [-0.39, 0.29) is 33.3 Å². The van der Waals surface area contributed by atoms with Crippen LogP contribution in [0.15, 0.2) is 46.0 Å². The van der Waals surface area contributed by atoms with Gasteiger partial charge in [-0.05, 0) is 24.3 Å². The van der Waals surface area contributed by atoms with Gasteiger partial charge in [0.2, 0.25) is 0 Å². The molecule has 2 amide bonds. The van der Waals surface area contributed by atoms with Crippen molar-refractivity contribution in [2.75, 3.05) is 11.5 Å². The zero-order valence-corrected chi connectivity index (χ0v) is 14.4. The molecule has 0 aliphatic heterocycles. The lowest BCUT2D eigenvalue weighted by molar-refractivity contribution is 0.0920. The largest absolute Gasteiger partial charge is 0.398 e. The number of nitrogen functional groups attached to an aromatic ring is 4. The third-order valence-corrected chi connectivity index (χ3v) is 3.69. The Morgan fingerprint density at radius 3 is 1.96 bits per heavy atom. The standard InChI is InChI=1S/C8H11N5O2.C8H7N3O2/c9-5-3-1-2-4(7(14)12-10)6(5)8(15)13-11;9-5-3-1-2-4-6(5)8(13)11-10-7(4)12/h1-3H,9-11H2,(H,12,14)(H,13,15);1-3H,9H2,(H,10,12)(H,11,13). The van der Waals surface area contributed by atoms with Crippen LogP contribution >= 0.6 is 0 Å². The Bertz CT molecular complexity index is 1150. The SMILES string of the molecule is NNC(=O)c1cccc(N)c1C(=O)NN.Nc1cccc2c(=O)[nH][nH]c(=O)c12. The minimum atomic E-state index is -0.647. The maximum atomic E-state index is 11.3. The molecule has 3 aromatic rings. The van der Waals surface area contributed by atoms with Crippen LogP contribution in [0.5, 0.6) is 0 Å². The number of carbonyl (C=O) groups excluding carboxylic acids is 2. The predicted molar refractivity (Wildman–Crippen MR) is 104 cm³/mol. The highest BCUT2D eigenvalue weighted by atomic mass is 16.2. The monoisotopic (exact) mass is 386 g/mol. The molecular formula is C16H18N8O4. The molecule has 0 bridgehead atoms. The zero-order chi connectivity index (χ0) is 20.8. The Labute approximate surface area is 156 Å². The summed E-state index contributed by atoms with van der Waals surface area (Å²) < 4.78 is 0. The highest BCUT2D eigenvalue weighted by Gasteiger charge is 2.18. The summed E-state index contributed by atoms with van der Waals surface area (Å²) >= 11 is 0. The molecule has 12 nitrogen and oxygen atoms in total. The van der Waals surface area contributed by atoms with Gasteiger partial charge in [0, 0.05) is 11.4 Å². The average Bonchev–Trinajstić information content (AvgIpc) is 2.70. The van der Waals surface area contributed by atoms with Gasteiger partial charge in [0.25, 0.3) is 22.9 Å². The first-order valence-corrected chi connectivity index (χ1v) is 7.71. The Morgan fingerprint density at radius 1 is 0.786 bits per heavy atom. The van der Waals surface area contributed by atoms with Crippen LogP contribution < -0.4 is 45.1 Å².